The van der Waals surface area contributed by atoms with Crippen LogP contribution >= 0.6 is 0 Å². The summed E-state index contributed by atoms with van der Waals surface area (Å²) in [6.45, 7) is 5.06. The van der Waals surface area contributed by atoms with Crippen LogP contribution in [0.15, 0.2) is 24.8 Å². The van der Waals surface area contributed by atoms with E-state index in [4.69, 9.17) is 0 Å². The van der Waals surface area contributed by atoms with Crippen molar-refractivity contribution >= 4 is 11.6 Å². The molecule has 0 bridgehead atoms. The highest BCUT2D eigenvalue weighted by atomic mass is 19.2. The Morgan fingerprint density at radius 1 is 1.53 bits per heavy atom. The van der Waals surface area contributed by atoms with Crippen LogP contribution in [0.1, 0.15) is 12.5 Å². The Hall–Kier alpha value is -1.75. The van der Waals surface area contributed by atoms with E-state index in [2.05, 4.69) is 11.9 Å². The van der Waals surface area contributed by atoms with Crippen molar-refractivity contribution in [1.29, 1.82) is 0 Å². The van der Waals surface area contributed by atoms with Crippen molar-refractivity contribution < 1.29 is 18.7 Å². The zero-order valence-electron chi connectivity index (χ0n) is 9.13. The van der Waals surface area contributed by atoms with Gasteiger partial charge in [0.25, 0.3) is 5.91 Å². The van der Waals surface area contributed by atoms with Gasteiger partial charge in [-0.1, -0.05) is 19.1 Å². The van der Waals surface area contributed by atoms with Crippen molar-refractivity contribution in [1.82, 2.24) is 0 Å². The summed E-state index contributed by atoms with van der Waals surface area (Å²) in [6, 6.07) is 2.08. The summed E-state index contributed by atoms with van der Waals surface area (Å²) in [5.74, 6) is -3.62. The number of hydrogen-bond acceptors (Lipinski definition) is 2. The number of halogens is 2. The highest BCUT2D eigenvalue weighted by Gasteiger charge is 2.49. The van der Waals surface area contributed by atoms with E-state index in [1.54, 1.807) is 6.92 Å². The number of carbonyl (C=O) groups excluding carboxylic acids is 1. The predicted octanol–water partition coefficient (Wildman–Crippen LogP) is 1.93. The van der Waals surface area contributed by atoms with Crippen LogP contribution in [0.3, 0.4) is 0 Å². The summed E-state index contributed by atoms with van der Waals surface area (Å²) in [7, 11) is 0. The lowest BCUT2D eigenvalue weighted by Crippen LogP contribution is -2.39. The molecule has 2 atom stereocenters. The summed E-state index contributed by atoms with van der Waals surface area (Å²) in [5.41, 5.74) is -2.16. The van der Waals surface area contributed by atoms with Gasteiger partial charge >= 0.3 is 0 Å². The van der Waals surface area contributed by atoms with Crippen LogP contribution in [-0.2, 0) is 10.4 Å². The van der Waals surface area contributed by atoms with Gasteiger partial charge in [0, 0.05) is 11.5 Å². The molecule has 1 aromatic carbocycles. The third kappa shape index (κ3) is 1.39. The van der Waals surface area contributed by atoms with E-state index in [1.165, 1.54) is 12.1 Å². The molecule has 0 aromatic heterocycles. The van der Waals surface area contributed by atoms with E-state index in [1.807, 2.05) is 0 Å². The van der Waals surface area contributed by atoms with E-state index in [0.29, 0.717) is 0 Å². The molecule has 2 rings (SSSR count). The molecule has 5 heteroatoms. The smallest absolute Gasteiger partial charge is 0.261 e. The molecule has 1 aliphatic rings. The highest BCUT2D eigenvalue weighted by Crippen LogP contribution is 2.43. The molecule has 0 saturated carbocycles. The van der Waals surface area contributed by atoms with Gasteiger partial charge in [-0.2, -0.15) is 0 Å². The molecule has 0 fully saturated rings. The van der Waals surface area contributed by atoms with Gasteiger partial charge in [0.15, 0.2) is 17.2 Å². The normalized spacial score (nSPS) is 24.1. The number of aliphatic hydroxyl groups is 1. The van der Waals surface area contributed by atoms with Gasteiger partial charge in [-0.25, -0.2) is 8.78 Å². The maximum Gasteiger partial charge on any atom is 0.261 e. The molecular formula is C12H11F2NO2. The number of benzene rings is 1. The fourth-order valence-corrected chi connectivity index (χ4v) is 1.94. The van der Waals surface area contributed by atoms with Crippen molar-refractivity contribution in [2.24, 2.45) is 5.92 Å². The second-order valence-corrected chi connectivity index (χ2v) is 4.03. The highest BCUT2D eigenvalue weighted by molar-refractivity contribution is 6.05. The van der Waals surface area contributed by atoms with Gasteiger partial charge < -0.3 is 10.4 Å². The lowest BCUT2D eigenvalue weighted by molar-refractivity contribution is -0.137. The van der Waals surface area contributed by atoms with Crippen LogP contribution in [0.4, 0.5) is 14.5 Å². The summed E-state index contributed by atoms with van der Waals surface area (Å²) >= 11 is 0. The summed E-state index contributed by atoms with van der Waals surface area (Å²) in [6.07, 6.45) is 1.38. The summed E-state index contributed by atoms with van der Waals surface area (Å²) in [4.78, 5) is 11.7. The molecule has 0 spiro atoms. The number of amides is 1. The minimum Gasteiger partial charge on any atom is -0.375 e. The molecule has 2 N–H and O–H groups in total. The lowest BCUT2D eigenvalue weighted by atomic mass is 9.83. The second-order valence-electron chi connectivity index (χ2n) is 4.03. The van der Waals surface area contributed by atoms with Crippen molar-refractivity contribution in [3.63, 3.8) is 0 Å². The predicted molar refractivity (Wildman–Crippen MR) is 58.2 cm³/mol. The molecule has 0 saturated heterocycles. The molecule has 3 nitrogen and oxygen atoms in total. The fourth-order valence-electron chi connectivity index (χ4n) is 1.94. The van der Waals surface area contributed by atoms with E-state index >= 15 is 0 Å². The molecule has 1 aromatic rings. The van der Waals surface area contributed by atoms with E-state index in [9.17, 15) is 18.7 Å². The van der Waals surface area contributed by atoms with Gasteiger partial charge in [0.1, 0.15) is 0 Å². The lowest BCUT2D eigenvalue weighted by Gasteiger charge is -2.25. The number of anilines is 1. The summed E-state index contributed by atoms with van der Waals surface area (Å²) < 4.78 is 26.5. The van der Waals surface area contributed by atoms with Crippen LogP contribution in [0, 0.1) is 17.6 Å². The number of rotatable bonds is 2. The van der Waals surface area contributed by atoms with Gasteiger partial charge in [-0.05, 0) is 6.07 Å². The van der Waals surface area contributed by atoms with Crippen molar-refractivity contribution in [3.05, 3.63) is 42.0 Å². The van der Waals surface area contributed by atoms with E-state index < -0.39 is 29.1 Å². The first-order valence-corrected chi connectivity index (χ1v) is 5.07. The average molecular weight is 239 g/mol. The van der Waals surface area contributed by atoms with Crippen LogP contribution in [0.2, 0.25) is 0 Å². The molecule has 1 heterocycles. The van der Waals surface area contributed by atoms with Gasteiger partial charge in [0.2, 0.25) is 0 Å². The Morgan fingerprint density at radius 3 is 2.76 bits per heavy atom. The van der Waals surface area contributed by atoms with Gasteiger partial charge in [-0.3, -0.25) is 4.79 Å². The monoisotopic (exact) mass is 239 g/mol. The third-order valence-electron chi connectivity index (χ3n) is 3.10. The topological polar surface area (TPSA) is 49.3 Å². The fraction of sp³-hybridized carbons (Fsp3) is 0.250. The quantitative estimate of drug-likeness (QED) is 0.775. The maximum atomic E-state index is 13.5. The Bertz CT molecular complexity index is 515. The molecule has 0 aliphatic carbocycles. The minimum atomic E-state index is -1.90. The van der Waals surface area contributed by atoms with Crippen LogP contribution < -0.4 is 5.32 Å². The third-order valence-corrected chi connectivity index (χ3v) is 3.10. The largest absolute Gasteiger partial charge is 0.375 e. The van der Waals surface area contributed by atoms with Crippen LogP contribution in [-0.4, -0.2) is 11.0 Å². The number of hydrogen-bond donors (Lipinski definition) is 2. The number of nitrogens with one attached hydrogen (secondary N) is 1. The van der Waals surface area contributed by atoms with Crippen molar-refractivity contribution in [2.75, 3.05) is 5.32 Å². The van der Waals surface area contributed by atoms with Crippen LogP contribution in [0.5, 0.6) is 0 Å². The zero-order chi connectivity index (χ0) is 12.8. The first-order chi connectivity index (χ1) is 7.92. The first-order valence-electron chi connectivity index (χ1n) is 5.07. The number of carbonyl (C=O) groups is 1. The van der Waals surface area contributed by atoms with Crippen molar-refractivity contribution in [3.8, 4) is 0 Å². The Kier molecular flexibility index (Phi) is 2.50. The molecule has 90 valence electrons. The SMILES string of the molecule is C=CC(C)C1(O)C(=O)Nc2c1ccc(F)c2F. The molecule has 0 radical (unpaired) electrons. The zero-order valence-corrected chi connectivity index (χ0v) is 9.13. The second kappa shape index (κ2) is 3.63. The van der Waals surface area contributed by atoms with Gasteiger partial charge in [-0.15, -0.1) is 6.58 Å². The Morgan fingerprint density at radius 2 is 2.18 bits per heavy atom. The molecule has 1 amide bonds. The summed E-state index contributed by atoms with van der Waals surface area (Å²) in [5, 5.41) is 12.5. The van der Waals surface area contributed by atoms with Crippen LogP contribution in [0.25, 0.3) is 0 Å². The molecule has 2 unspecified atom stereocenters. The molecule has 17 heavy (non-hydrogen) atoms. The average Bonchev–Trinajstić information content (AvgIpc) is 2.58. The Balaban J connectivity index is 2.67. The Labute approximate surface area is 96.8 Å². The first kappa shape index (κ1) is 11.7. The van der Waals surface area contributed by atoms with Gasteiger partial charge in [0.05, 0.1) is 5.69 Å². The standard InChI is InChI=1S/C12H11F2NO2/c1-3-6(2)12(17)7-4-5-8(13)9(14)10(7)15-11(12)16/h3-6,17H,1H2,2H3,(H,15,16). The van der Waals surface area contributed by atoms with E-state index in [-0.39, 0.29) is 11.3 Å². The minimum absolute atomic E-state index is 0.0359. The van der Waals surface area contributed by atoms with Crippen molar-refractivity contribution in [2.45, 2.75) is 12.5 Å². The molecule has 1 aliphatic heterocycles. The maximum absolute atomic E-state index is 13.5. The molecular weight excluding hydrogens is 228 g/mol. The van der Waals surface area contributed by atoms with E-state index in [0.717, 1.165) is 6.07 Å². The number of fused-ring (bicyclic) bond motifs is 1.